The number of primary amides is 1. The molecule has 5 nitrogen and oxygen atoms in total. The van der Waals surface area contributed by atoms with Gasteiger partial charge in [-0.25, -0.2) is 0 Å². The molecule has 2 N–H and O–H groups in total. The van der Waals surface area contributed by atoms with Gasteiger partial charge in [0.15, 0.2) is 0 Å². The molecule has 0 bridgehead atoms. The van der Waals surface area contributed by atoms with Gasteiger partial charge in [0.2, 0.25) is 11.8 Å². The lowest BCUT2D eigenvalue weighted by atomic mass is 10.1. The van der Waals surface area contributed by atoms with E-state index in [2.05, 4.69) is 10.9 Å². The quantitative estimate of drug-likeness (QED) is 0.650. The first kappa shape index (κ1) is 18.0. The van der Waals surface area contributed by atoms with E-state index >= 15 is 0 Å². The third-order valence-electron chi connectivity index (χ3n) is 3.51. The Bertz CT molecular complexity index is 833. The van der Waals surface area contributed by atoms with E-state index in [9.17, 15) is 9.59 Å². The summed E-state index contributed by atoms with van der Waals surface area (Å²) in [6.45, 7) is 2.43. The first-order valence-corrected chi connectivity index (χ1v) is 7.72. The molecule has 0 atom stereocenters. The lowest BCUT2D eigenvalue weighted by molar-refractivity contribution is -0.126. The van der Waals surface area contributed by atoms with E-state index in [1.807, 2.05) is 25.1 Å². The van der Waals surface area contributed by atoms with Gasteiger partial charge in [-0.15, -0.1) is 6.42 Å². The van der Waals surface area contributed by atoms with Crippen molar-refractivity contribution in [2.24, 2.45) is 5.73 Å². The molecule has 126 valence electrons. The highest BCUT2D eigenvalue weighted by Crippen LogP contribution is 2.08. The first-order valence-electron chi connectivity index (χ1n) is 7.72. The number of terminal acetylenes is 1. The summed E-state index contributed by atoms with van der Waals surface area (Å²) in [7, 11) is 0. The standard InChI is InChI=1S/C20H19N3O2/c1-3-13-23(14-18-6-4-5-15(2)22-18)19(24)12-9-16-7-10-17(11-8-16)20(21)25/h1,4-12H,13-14H2,2H3,(H2,21,25). The monoisotopic (exact) mass is 333 g/mol. The van der Waals surface area contributed by atoms with Crippen LogP contribution in [0, 0.1) is 19.3 Å². The molecule has 1 aromatic heterocycles. The molecule has 0 unspecified atom stereocenters. The molecule has 1 heterocycles. The fourth-order valence-electron chi connectivity index (χ4n) is 2.24. The summed E-state index contributed by atoms with van der Waals surface area (Å²) in [4.78, 5) is 29.4. The largest absolute Gasteiger partial charge is 0.366 e. The molecule has 0 saturated carbocycles. The van der Waals surface area contributed by atoms with Crippen LogP contribution in [0.2, 0.25) is 0 Å². The van der Waals surface area contributed by atoms with Gasteiger partial charge in [0.1, 0.15) is 0 Å². The van der Waals surface area contributed by atoms with Crippen LogP contribution >= 0.6 is 0 Å². The predicted molar refractivity (Wildman–Crippen MR) is 97.2 cm³/mol. The molecule has 1 aromatic carbocycles. The zero-order valence-electron chi connectivity index (χ0n) is 14.0. The number of benzene rings is 1. The van der Waals surface area contributed by atoms with Crippen molar-refractivity contribution in [3.63, 3.8) is 0 Å². The lowest BCUT2D eigenvalue weighted by Gasteiger charge is -2.18. The van der Waals surface area contributed by atoms with Crippen molar-refractivity contribution >= 4 is 17.9 Å². The number of aryl methyl sites for hydroxylation is 1. The highest BCUT2D eigenvalue weighted by molar-refractivity contribution is 5.94. The first-order chi connectivity index (χ1) is 12.0. The second-order valence-corrected chi connectivity index (χ2v) is 5.49. The van der Waals surface area contributed by atoms with Gasteiger partial charge in [-0.3, -0.25) is 14.6 Å². The fourth-order valence-corrected chi connectivity index (χ4v) is 2.24. The number of carbonyl (C=O) groups excluding carboxylic acids is 2. The smallest absolute Gasteiger partial charge is 0.248 e. The van der Waals surface area contributed by atoms with Crippen molar-refractivity contribution in [1.29, 1.82) is 0 Å². The van der Waals surface area contributed by atoms with Crippen LogP contribution in [-0.4, -0.2) is 28.2 Å². The number of pyridine rings is 1. The van der Waals surface area contributed by atoms with Gasteiger partial charge in [-0.1, -0.05) is 24.1 Å². The Balaban J connectivity index is 2.09. The van der Waals surface area contributed by atoms with E-state index in [0.29, 0.717) is 12.1 Å². The summed E-state index contributed by atoms with van der Waals surface area (Å²) < 4.78 is 0. The van der Waals surface area contributed by atoms with Gasteiger partial charge < -0.3 is 10.6 Å². The van der Waals surface area contributed by atoms with Crippen molar-refractivity contribution in [3.8, 4) is 12.3 Å². The molecule has 0 fully saturated rings. The number of nitrogens with zero attached hydrogens (tertiary/aromatic N) is 2. The maximum atomic E-state index is 12.4. The van der Waals surface area contributed by atoms with Crippen molar-refractivity contribution in [1.82, 2.24) is 9.88 Å². The molecule has 5 heteroatoms. The molecule has 2 rings (SSSR count). The zero-order chi connectivity index (χ0) is 18.2. The molecule has 2 amide bonds. The maximum Gasteiger partial charge on any atom is 0.248 e. The van der Waals surface area contributed by atoms with Crippen molar-refractivity contribution in [2.75, 3.05) is 6.54 Å². The molecular formula is C20H19N3O2. The summed E-state index contributed by atoms with van der Waals surface area (Å²) in [5.74, 6) is 1.80. The van der Waals surface area contributed by atoms with Crippen LogP contribution in [0.1, 0.15) is 27.3 Å². The van der Waals surface area contributed by atoms with Crippen LogP contribution in [0.25, 0.3) is 6.08 Å². The predicted octanol–water partition coefficient (Wildman–Crippen LogP) is 2.16. The van der Waals surface area contributed by atoms with E-state index in [1.165, 1.54) is 11.0 Å². The Kier molecular flexibility index (Phi) is 6.08. The van der Waals surface area contributed by atoms with E-state index in [1.54, 1.807) is 30.3 Å². The molecule has 0 aliphatic carbocycles. The number of rotatable bonds is 6. The molecule has 0 spiro atoms. The van der Waals surface area contributed by atoms with E-state index < -0.39 is 5.91 Å². The Labute approximate surface area is 147 Å². The number of hydrogen-bond donors (Lipinski definition) is 1. The van der Waals surface area contributed by atoms with Gasteiger partial charge in [-0.2, -0.15) is 0 Å². The van der Waals surface area contributed by atoms with Crippen LogP contribution in [0.4, 0.5) is 0 Å². The minimum Gasteiger partial charge on any atom is -0.366 e. The van der Waals surface area contributed by atoms with Gasteiger partial charge in [0, 0.05) is 17.3 Å². The summed E-state index contributed by atoms with van der Waals surface area (Å²) >= 11 is 0. The molecule has 0 aliphatic heterocycles. The summed E-state index contributed by atoms with van der Waals surface area (Å²) in [6.07, 6.45) is 8.49. The molecule has 2 aromatic rings. The Hall–Kier alpha value is -3.39. The Morgan fingerprint density at radius 1 is 1.24 bits per heavy atom. The van der Waals surface area contributed by atoms with Gasteiger partial charge >= 0.3 is 0 Å². The summed E-state index contributed by atoms with van der Waals surface area (Å²) in [5, 5.41) is 0. The minimum absolute atomic E-state index is 0.194. The SMILES string of the molecule is C#CCN(Cc1cccc(C)n1)C(=O)C=Cc1ccc(C(N)=O)cc1. The highest BCUT2D eigenvalue weighted by atomic mass is 16.2. The molecule has 0 saturated heterocycles. The normalized spacial score (nSPS) is 10.4. The van der Waals surface area contributed by atoms with Crippen LogP contribution in [-0.2, 0) is 11.3 Å². The average Bonchev–Trinajstić information content (AvgIpc) is 2.59. The Morgan fingerprint density at radius 2 is 1.96 bits per heavy atom. The molecule has 0 aliphatic rings. The Morgan fingerprint density at radius 3 is 2.56 bits per heavy atom. The van der Waals surface area contributed by atoms with Crippen molar-refractivity contribution in [3.05, 3.63) is 71.1 Å². The van der Waals surface area contributed by atoms with Crippen LogP contribution in [0.15, 0.2) is 48.5 Å². The van der Waals surface area contributed by atoms with Gasteiger partial charge in [-0.05, 0) is 42.8 Å². The summed E-state index contributed by atoms with van der Waals surface area (Å²) in [6, 6.07) is 12.3. The summed E-state index contributed by atoms with van der Waals surface area (Å²) in [5.41, 5.74) is 8.07. The number of hydrogen-bond acceptors (Lipinski definition) is 3. The van der Waals surface area contributed by atoms with Crippen LogP contribution < -0.4 is 5.73 Å². The topological polar surface area (TPSA) is 76.3 Å². The van der Waals surface area contributed by atoms with E-state index in [4.69, 9.17) is 12.2 Å². The van der Waals surface area contributed by atoms with Gasteiger partial charge in [0.25, 0.3) is 0 Å². The molecule has 0 radical (unpaired) electrons. The number of carbonyl (C=O) groups is 2. The van der Waals surface area contributed by atoms with Gasteiger partial charge in [0.05, 0.1) is 18.8 Å². The third-order valence-corrected chi connectivity index (χ3v) is 3.51. The number of aromatic nitrogens is 1. The second kappa shape index (κ2) is 8.46. The van der Waals surface area contributed by atoms with E-state index in [0.717, 1.165) is 17.0 Å². The number of nitrogens with two attached hydrogens (primary N) is 1. The highest BCUT2D eigenvalue weighted by Gasteiger charge is 2.11. The van der Waals surface area contributed by atoms with E-state index in [-0.39, 0.29) is 12.5 Å². The lowest BCUT2D eigenvalue weighted by Crippen LogP contribution is -2.29. The molecular weight excluding hydrogens is 314 g/mol. The fraction of sp³-hybridized carbons (Fsp3) is 0.150. The van der Waals surface area contributed by atoms with Crippen molar-refractivity contribution < 1.29 is 9.59 Å². The van der Waals surface area contributed by atoms with Crippen LogP contribution in [0.5, 0.6) is 0 Å². The van der Waals surface area contributed by atoms with Crippen LogP contribution in [0.3, 0.4) is 0 Å². The average molecular weight is 333 g/mol. The third kappa shape index (κ3) is 5.33. The second-order valence-electron chi connectivity index (χ2n) is 5.49. The zero-order valence-corrected chi connectivity index (χ0v) is 14.0. The molecule has 25 heavy (non-hydrogen) atoms. The van der Waals surface area contributed by atoms with Crippen molar-refractivity contribution in [2.45, 2.75) is 13.5 Å². The maximum absolute atomic E-state index is 12.4. The minimum atomic E-state index is -0.488. The number of amides is 2.